The third-order valence-electron chi connectivity index (χ3n) is 5.23. The van der Waals surface area contributed by atoms with Crippen molar-refractivity contribution < 1.29 is 23.8 Å². The molecule has 2 aromatic carbocycles. The number of rotatable bonds is 5. The van der Waals surface area contributed by atoms with Crippen LogP contribution in [0.2, 0.25) is 0 Å². The van der Waals surface area contributed by atoms with E-state index < -0.39 is 29.6 Å². The summed E-state index contributed by atoms with van der Waals surface area (Å²) in [6.45, 7) is 2.37. The van der Waals surface area contributed by atoms with Gasteiger partial charge in [0.05, 0.1) is 20.8 Å². The van der Waals surface area contributed by atoms with Gasteiger partial charge in [0.15, 0.2) is 23.6 Å². The van der Waals surface area contributed by atoms with Gasteiger partial charge in [-0.3, -0.25) is 4.79 Å². The molecule has 1 N–H and O–H groups in total. The van der Waals surface area contributed by atoms with Crippen LogP contribution in [0.5, 0.6) is 5.75 Å². The zero-order chi connectivity index (χ0) is 23.5. The first-order valence-corrected chi connectivity index (χ1v) is 10.2. The lowest BCUT2D eigenvalue weighted by Crippen LogP contribution is -2.44. The molecule has 33 heavy (non-hydrogen) atoms. The predicted molar refractivity (Wildman–Crippen MR) is 119 cm³/mol. The fourth-order valence-corrected chi connectivity index (χ4v) is 3.70. The molecule has 1 aliphatic heterocycles. The number of nitrogens with one attached hydrogen (secondary N) is 1. The number of aromatic nitrogens is 3. The van der Waals surface area contributed by atoms with Crippen LogP contribution < -0.4 is 15.6 Å². The highest BCUT2D eigenvalue weighted by Crippen LogP contribution is 2.34. The van der Waals surface area contributed by atoms with E-state index in [1.54, 1.807) is 48.5 Å². The SMILES string of the molecule is CCOc1ccc(-c2nn3c(nc2=O)-c2ccccc2N[C@H](C(=O)OC)[C@H]3C(=O)OC)cc1. The molecular weight excluding hydrogens is 428 g/mol. The summed E-state index contributed by atoms with van der Waals surface area (Å²) >= 11 is 0. The summed E-state index contributed by atoms with van der Waals surface area (Å²) in [5, 5.41) is 7.52. The molecule has 0 unspecified atom stereocenters. The Morgan fingerprint density at radius 2 is 1.73 bits per heavy atom. The third kappa shape index (κ3) is 4.02. The van der Waals surface area contributed by atoms with E-state index in [4.69, 9.17) is 14.2 Å². The Morgan fingerprint density at radius 1 is 1.03 bits per heavy atom. The molecule has 170 valence electrons. The van der Waals surface area contributed by atoms with Gasteiger partial charge >= 0.3 is 11.9 Å². The third-order valence-corrected chi connectivity index (χ3v) is 5.23. The number of hydrogen-bond donors (Lipinski definition) is 1. The van der Waals surface area contributed by atoms with E-state index in [0.29, 0.717) is 29.2 Å². The topological polar surface area (TPSA) is 122 Å². The minimum absolute atomic E-state index is 0.0127. The van der Waals surface area contributed by atoms with Crippen molar-refractivity contribution in [1.29, 1.82) is 0 Å². The van der Waals surface area contributed by atoms with Crippen molar-refractivity contribution in [2.24, 2.45) is 0 Å². The Labute approximate surface area is 189 Å². The maximum atomic E-state index is 13.0. The second-order valence-electron chi connectivity index (χ2n) is 7.15. The number of methoxy groups -OCH3 is 2. The maximum absolute atomic E-state index is 13.0. The molecule has 0 spiro atoms. The van der Waals surface area contributed by atoms with Crippen LogP contribution in [0.1, 0.15) is 13.0 Å². The van der Waals surface area contributed by atoms with Crippen molar-refractivity contribution in [2.45, 2.75) is 19.0 Å². The highest BCUT2D eigenvalue weighted by Gasteiger charge is 2.42. The Kier molecular flexibility index (Phi) is 6.07. The van der Waals surface area contributed by atoms with E-state index >= 15 is 0 Å². The van der Waals surface area contributed by atoms with Gasteiger partial charge in [-0.2, -0.15) is 10.1 Å². The van der Waals surface area contributed by atoms with Crippen LogP contribution in [0.15, 0.2) is 53.3 Å². The number of carbonyl (C=O) groups excluding carboxylic acids is 2. The highest BCUT2D eigenvalue weighted by atomic mass is 16.5. The van der Waals surface area contributed by atoms with Crippen LogP contribution in [0.25, 0.3) is 22.6 Å². The normalized spacial score (nSPS) is 16.5. The molecule has 10 nitrogen and oxygen atoms in total. The van der Waals surface area contributed by atoms with E-state index in [9.17, 15) is 14.4 Å². The van der Waals surface area contributed by atoms with Gasteiger partial charge in [0.1, 0.15) is 5.75 Å². The van der Waals surface area contributed by atoms with Crippen molar-refractivity contribution in [3.63, 3.8) is 0 Å². The van der Waals surface area contributed by atoms with E-state index in [1.165, 1.54) is 18.9 Å². The van der Waals surface area contributed by atoms with Gasteiger partial charge in [-0.25, -0.2) is 14.3 Å². The summed E-state index contributed by atoms with van der Waals surface area (Å²) in [4.78, 5) is 42.8. The van der Waals surface area contributed by atoms with Gasteiger partial charge in [-0.05, 0) is 43.3 Å². The standard InChI is InChI=1S/C23H22N4O6/c1-4-33-14-11-9-13(10-12-14)17-21(28)25-20-15-7-5-6-8-16(15)24-18(22(29)31-2)19(23(30)32-3)27(20)26-17/h5-12,18-19,24H,4H2,1-3H3/t18-,19-/m0/s1. The molecular formula is C23H22N4O6. The van der Waals surface area contributed by atoms with Gasteiger partial charge in [-0.1, -0.05) is 12.1 Å². The zero-order valence-corrected chi connectivity index (χ0v) is 18.3. The number of benzene rings is 2. The van der Waals surface area contributed by atoms with Crippen LogP contribution >= 0.6 is 0 Å². The maximum Gasteiger partial charge on any atom is 0.333 e. The summed E-state index contributed by atoms with van der Waals surface area (Å²) < 4.78 is 16.6. The number of hydrogen-bond acceptors (Lipinski definition) is 9. The van der Waals surface area contributed by atoms with Crippen LogP contribution in [-0.2, 0) is 19.1 Å². The molecule has 1 aromatic heterocycles. The van der Waals surface area contributed by atoms with Gasteiger partial charge in [-0.15, -0.1) is 0 Å². The lowest BCUT2D eigenvalue weighted by Gasteiger charge is -2.24. The number of ether oxygens (including phenoxy) is 3. The number of esters is 2. The number of anilines is 1. The average Bonchev–Trinajstić information content (AvgIpc) is 2.98. The Hall–Kier alpha value is -4.21. The molecule has 1 aliphatic rings. The fraction of sp³-hybridized carbons (Fsp3) is 0.261. The number of carbonyl (C=O) groups is 2. The van der Waals surface area contributed by atoms with Gasteiger partial charge in [0, 0.05) is 16.8 Å². The van der Waals surface area contributed by atoms with E-state index in [2.05, 4.69) is 15.4 Å². The van der Waals surface area contributed by atoms with Crippen molar-refractivity contribution in [1.82, 2.24) is 14.8 Å². The van der Waals surface area contributed by atoms with Crippen molar-refractivity contribution in [3.8, 4) is 28.4 Å². The fourth-order valence-electron chi connectivity index (χ4n) is 3.70. The number of fused-ring (bicyclic) bond motifs is 3. The Morgan fingerprint density at radius 3 is 2.39 bits per heavy atom. The Balaban J connectivity index is 1.96. The minimum atomic E-state index is -1.28. The average molecular weight is 450 g/mol. The smallest absolute Gasteiger partial charge is 0.333 e. The molecule has 0 amide bonds. The molecule has 0 fully saturated rings. The lowest BCUT2D eigenvalue weighted by atomic mass is 10.1. The molecule has 0 bridgehead atoms. The Bertz CT molecular complexity index is 1250. The van der Waals surface area contributed by atoms with Crippen molar-refractivity contribution in [3.05, 3.63) is 58.9 Å². The van der Waals surface area contributed by atoms with Crippen molar-refractivity contribution >= 4 is 17.6 Å². The molecule has 0 aliphatic carbocycles. The first kappa shape index (κ1) is 22.0. The monoisotopic (exact) mass is 450 g/mol. The number of para-hydroxylation sites is 1. The second kappa shape index (κ2) is 9.11. The van der Waals surface area contributed by atoms with Crippen LogP contribution in [0, 0.1) is 0 Å². The minimum Gasteiger partial charge on any atom is -0.494 e. The first-order chi connectivity index (χ1) is 16.0. The van der Waals surface area contributed by atoms with Crippen LogP contribution in [0.4, 0.5) is 5.69 Å². The summed E-state index contributed by atoms with van der Waals surface area (Å²) in [6.07, 6.45) is 0. The first-order valence-electron chi connectivity index (χ1n) is 10.2. The van der Waals surface area contributed by atoms with Gasteiger partial charge in [0.25, 0.3) is 5.56 Å². The largest absolute Gasteiger partial charge is 0.494 e. The molecule has 10 heteroatoms. The summed E-state index contributed by atoms with van der Waals surface area (Å²) in [6, 6.07) is 11.3. The molecule has 2 heterocycles. The van der Waals surface area contributed by atoms with Gasteiger partial charge in [0.2, 0.25) is 0 Å². The molecule has 2 atom stereocenters. The molecule has 4 rings (SSSR count). The molecule has 0 radical (unpaired) electrons. The van der Waals surface area contributed by atoms with Crippen LogP contribution in [-0.4, -0.2) is 53.6 Å². The predicted octanol–water partition coefficient (Wildman–Crippen LogP) is 2.05. The van der Waals surface area contributed by atoms with E-state index in [-0.39, 0.29) is 11.5 Å². The molecule has 0 saturated heterocycles. The molecule has 3 aromatic rings. The molecule has 0 saturated carbocycles. The van der Waals surface area contributed by atoms with E-state index in [1.807, 2.05) is 6.92 Å². The summed E-state index contributed by atoms with van der Waals surface area (Å²) in [7, 11) is 2.43. The number of nitrogens with zero attached hydrogens (tertiary/aromatic N) is 3. The zero-order valence-electron chi connectivity index (χ0n) is 18.3. The second-order valence-corrected chi connectivity index (χ2v) is 7.15. The summed E-state index contributed by atoms with van der Waals surface area (Å²) in [5.41, 5.74) is 0.908. The van der Waals surface area contributed by atoms with Crippen LogP contribution in [0.3, 0.4) is 0 Å². The van der Waals surface area contributed by atoms with Gasteiger partial charge < -0.3 is 19.5 Å². The van der Waals surface area contributed by atoms with E-state index in [0.717, 1.165) is 0 Å². The van der Waals surface area contributed by atoms with Crippen molar-refractivity contribution in [2.75, 3.05) is 26.1 Å². The quantitative estimate of drug-likeness (QED) is 0.582. The highest BCUT2D eigenvalue weighted by molar-refractivity contribution is 5.91. The summed E-state index contributed by atoms with van der Waals surface area (Å²) in [5.74, 6) is -0.682. The lowest BCUT2D eigenvalue weighted by molar-refractivity contribution is -0.152.